The molecular weight excluding hydrogens is 664 g/mol. The first-order valence-electron chi connectivity index (χ1n) is 19.4. The van der Waals surface area contributed by atoms with Crippen LogP contribution in [0, 0.1) is 20.2 Å². The highest BCUT2D eigenvalue weighted by Gasteiger charge is 2.08. The minimum atomic E-state index is -1.82. The first-order valence-corrected chi connectivity index (χ1v) is 19.4. The van der Waals surface area contributed by atoms with Gasteiger partial charge in [-0.25, -0.2) is 9.59 Å². The molecule has 0 aliphatic rings. The number of aliphatic carboxylic acids is 2. The van der Waals surface area contributed by atoms with Crippen molar-refractivity contribution in [2.24, 2.45) is 0 Å². The fraction of sp³-hybridized carbons (Fsp3) is 0.650. The van der Waals surface area contributed by atoms with Crippen LogP contribution in [0.1, 0.15) is 129 Å². The van der Waals surface area contributed by atoms with Crippen LogP contribution in [0.15, 0.2) is 48.5 Å². The molecule has 12 nitrogen and oxygen atoms in total. The van der Waals surface area contributed by atoms with E-state index < -0.39 is 11.9 Å². The number of hydrogen-bond donors (Lipinski definition) is 2. The summed E-state index contributed by atoms with van der Waals surface area (Å²) in [4.78, 5) is 44.0. The van der Waals surface area contributed by atoms with Crippen molar-refractivity contribution >= 4 is 23.3 Å². The molecule has 2 aromatic carbocycles. The summed E-state index contributed by atoms with van der Waals surface area (Å²) in [7, 11) is 0. The molecule has 0 unspecified atom stereocenters. The fourth-order valence-corrected chi connectivity index (χ4v) is 5.73. The molecule has 0 aliphatic heterocycles. The Hall–Kier alpha value is -3.90. The lowest BCUT2D eigenvalue weighted by Crippen LogP contribution is -2.27. The smallest absolute Gasteiger partial charge is 0.414 e. The highest BCUT2D eigenvalue weighted by molar-refractivity contribution is 6.27. The summed E-state index contributed by atoms with van der Waals surface area (Å²) in [6.07, 6.45) is 19.8. The summed E-state index contributed by atoms with van der Waals surface area (Å²) in [6, 6.07) is 13.9. The van der Waals surface area contributed by atoms with Crippen molar-refractivity contribution < 1.29 is 29.6 Å². The quantitative estimate of drug-likeness (QED) is 0.0412. The molecule has 0 fully saturated rings. The van der Waals surface area contributed by atoms with Gasteiger partial charge in [0, 0.05) is 24.3 Å². The van der Waals surface area contributed by atoms with Crippen molar-refractivity contribution in [3.8, 4) is 0 Å². The van der Waals surface area contributed by atoms with Gasteiger partial charge in [-0.2, -0.15) is 0 Å². The molecule has 0 spiro atoms. The second-order valence-electron chi connectivity index (χ2n) is 13.2. The number of hydrogen-bond acceptors (Lipinski definition) is 8. The molecule has 0 atom stereocenters. The predicted molar refractivity (Wildman–Crippen MR) is 209 cm³/mol. The van der Waals surface area contributed by atoms with Crippen LogP contribution in [0.25, 0.3) is 0 Å². The molecule has 294 valence electrons. The van der Waals surface area contributed by atoms with Crippen molar-refractivity contribution in [2.75, 3.05) is 39.3 Å². The van der Waals surface area contributed by atoms with Crippen molar-refractivity contribution in [1.29, 1.82) is 0 Å². The van der Waals surface area contributed by atoms with Gasteiger partial charge in [0.05, 0.1) is 9.85 Å². The molecule has 2 N–H and O–H groups in total. The predicted octanol–water partition coefficient (Wildman–Crippen LogP) is 9.58. The topological polar surface area (TPSA) is 167 Å². The SMILES string of the molecule is CCCCCCN(CCC)CCCCc1ccc([N+](=O)[O-])cc1.CCCCCCN(CCC)CCCCc1ccc([N+](=O)[O-])cc1.O=C(O)C(=O)O. The number of carbonyl (C=O) groups is 2. The van der Waals surface area contributed by atoms with Gasteiger partial charge in [0.2, 0.25) is 0 Å². The van der Waals surface area contributed by atoms with Gasteiger partial charge in [-0.1, -0.05) is 90.5 Å². The van der Waals surface area contributed by atoms with Gasteiger partial charge in [0.1, 0.15) is 0 Å². The zero-order chi connectivity index (χ0) is 39.0. The number of carboxylic acid groups (broad SMARTS) is 2. The molecule has 2 aromatic rings. The lowest BCUT2D eigenvalue weighted by atomic mass is 10.1. The van der Waals surface area contributed by atoms with Crippen LogP contribution in [-0.4, -0.2) is 81.1 Å². The summed E-state index contributed by atoms with van der Waals surface area (Å²) in [5, 5.41) is 36.1. The van der Waals surface area contributed by atoms with Crippen LogP contribution >= 0.6 is 0 Å². The summed E-state index contributed by atoms with van der Waals surface area (Å²) in [5.74, 6) is -3.65. The van der Waals surface area contributed by atoms with E-state index in [-0.39, 0.29) is 21.2 Å². The highest BCUT2D eigenvalue weighted by Crippen LogP contribution is 2.15. The molecule has 0 aromatic heterocycles. The van der Waals surface area contributed by atoms with Crippen molar-refractivity contribution in [3.05, 3.63) is 79.9 Å². The molecule has 0 bridgehead atoms. The highest BCUT2D eigenvalue weighted by atomic mass is 16.6. The molecule has 0 amide bonds. The molecule has 0 saturated heterocycles. The Morgan fingerprint density at radius 2 is 0.788 bits per heavy atom. The molecule has 52 heavy (non-hydrogen) atoms. The monoisotopic (exact) mass is 730 g/mol. The molecular formula is C40H66N4O8. The van der Waals surface area contributed by atoms with E-state index in [2.05, 4.69) is 37.5 Å². The van der Waals surface area contributed by atoms with Crippen LogP contribution in [0.5, 0.6) is 0 Å². The maximum Gasteiger partial charge on any atom is 0.414 e. The van der Waals surface area contributed by atoms with E-state index in [1.807, 2.05) is 24.3 Å². The zero-order valence-corrected chi connectivity index (χ0v) is 32.3. The summed E-state index contributed by atoms with van der Waals surface area (Å²) >= 11 is 0. The third-order valence-electron chi connectivity index (χ3n) is 8.59. The molecule has 0 aliphatic carbocycles. The van der Waals surface area contributed by atoms with E-state index in [9.17, 15) is 20.2 Å². The lowest BCUT2D eigenvalue weighted by Gasteiger charge is -2.21. The first kappa shape index (κ1) is 48.1. The largest absolute Gasteiger partial charge is 0.473 e. The van der Waals surface area contributed by atoms with Crippen molar-refractivity contribution in [1.82, 2.24) is 9.80 Å². The van der Waals surface area contributed by atoms with E-state index in [1.165, 1.54) is 127 Å². The van der Waals surface area contributed by atoms with Gasteiger partial charge in [0.25, 0.3) is 11.4 Å². The standard InChI is InChI=1S/2C19H32N2O2.C2H2O4/c2*1-3-5-6-8-16-20(15-4-2)17-9-7-10-18-11-13-19(14-12-18)21(22)23;3-1(4)2(5)6/h2*11-14H,3-10,15-17H2,1-2H3;(H,3,4)(H,5,6). The molecule has 0 heterocycles. The minimum absolute atomic E-state index is 0.176. The number of benzene rings is 2. The van der Waals surface area contributed by atoms with Crippen molar-refractivity contribution in [3.63, 3.8) is 0 Å². The van der Waals surface area contributed by atoms with E-state index in [0.717, 1.165) is 25.7 Å². The normalized spacial score (nSPS) is 10.7. The van der Waals surface area contributed by atoms with Gasteiger partial charge >= 0.3 is 11.9 Å². The van der Waals surface area contributed by atoms with E-state index >= 15 is 0 Å². The van der Waals surface area contributed by atoms with Gasteiger partial charge in [0.15, 0.2) is 0 Å². The van der Waals surface area contributed by atoms with Crippen LogP contribution in [0.4, 0.5) is 11.4 Å². The number of nitro groups is 2. The van der Waals surface area contributed by atoms with Crippen LogP contribution in [-0.2, 0) is 22.4 Å². The molecule has 2 rings (SSSR count). The van der Waals surface area contributed by atoms with Crippen LogP contribution < -0.4 is 0 Å². The molecule has 0 saturated carbocycles. The number of unbranched alkanes of at least 4 members (excludes halogenated alkanes) is 8. The summed E-state index contributed by atoms with van der Waals surface area (Å²) in [6.45, 7) is 16.2. The molecule has 12 heteroatoms. The number of aryl methyl sites for hydroxylation is 2. The lowest BCUT2D eigenvalue weighted by molar-refractivity contribution is -0.385. The first-order chi connectivity index (χ1) is 25.0. The Labute approximate surface area is 311 Å². The van der Waals surface area contributed by atoms with E-state index in [0.29, 0.717) is 0 Å². The zero-order valence-electron chi connectivity index (χ0n) is 32.3. The number of nitrogens with zero attached hydrogens (tertiary/aromatic N) is 4. The van der Waals surface area contributed by atoms with Crippen molar-refractivity contribution in [2.45, 2.75) is 130 Å². The Morgan fingerprint density at radius 1 is 0.481 bits per heavy atom. The Balaban J connectivity index is 0.000000864. The van der Waals surface area contributed by atoms with Crippen LogP contribution in [0.2, 0.25) is 0 Å². The van der Waals surface area contributed by atoms with E-state index in [4.69, 9.17) is 19.8 Å². The number of rotatable bonds is 26. The third kappa shape index (κ3) is 26.0. The van der Waals surface area contributed by atoms with Gasteiger partial charge in [-0.3, -0.25) is 20.2 Å². The third-order valence-corrected chi connectivity index (χ3v) is 8.59. The summed E-state index contributed by atoms with van der Waals surface area (Å²) < 4.78 is 0. The minimum Gasteiger partial charge on any atom is -0.473 e. The molecule has 0 radical (unpaired) electrons. The average Bonchev–Trinajstić information content (AvgIpc) is 3.13. The fourth-order valence-electron chi connectivity index (χ4n) is 5.73. The maximum atomic E-state index is 10.6. The second-order valence-corrected chi connectivity index (χ2v) is 13.2. The number of carboxylic acids is 2. The van der Waals surface area contributed by atoms with Gasteiger partial charge in [-0.15, -0.1) is 0 Å². The van der Waals surface area contributed by atoms with Gasteiger partial charge in [-0.05, 0) is 115 Å². The average molecular weight is 731 g/mol. The maximum absolute atomic E-state index is 10.6. The second kappa shape index (κ2) is 31.8. The number of non-ortho nitro benzene ring substituents is 2. The van der Waals surface area contributed by atoms with E-state index in [1.54, 1.807) is 24.3 Å². The Morgan fingerprint density at radius 3 is 1.04 bits per heavy atom. The number of nitro benzene ring substituents is 2. The van der Waals surface area contributed by atoms with Gasteiger partial charge < -0.3 is 20.0 Å². The Kier molecular flexibility index (Phi) is 29.4. The Bertz CT molecular complexity index is 1130. The summed E-state index contributed by atoms with van der Waals surface area (Å²) in [5.41, 5.74) is 2.74. The van der Waals surface area contributed by atoms with Crippen LogP contribution in [0.3, 0.4) is 0 Å².